The molecule has 0 spiro atoms. The van der Waals surface area contributed by atoms with Gasteiger partial charge in [0.2, 0.25) is 5.88 Å². The molecule has 9 heteroatoms. The summed E-state index contributed by atoms with van der Waals surface area (Å²) in [6.07, 6.45) is 3.36. The molecule has 0 unspecified atom stereocenters. The number of benzene rings is 1. The van der Waals surface area contributed by atoms with Crippen LogP contribution in [0.1, 0.15) is 63.4 Å². The van der Waals surface area contributed by atoms with Gasteiger partial charge in [-0.1, -0.05) is 42.9 Å². The van der Waals surface area contributed by atoms with Crippen LogP contribution in [0.3, 0.4) is 0 Å². The van der Waals surface area contributed by atoms with E-state index in [1.165, 1.54) is 16.9 Å². The average molecular weight is 488 g/mol. The molecular weight excluding hydrogens is 458 g/mol. The second kappa shape index (κ2) is 12.4. The van der Waals surface area contributed by atoms with Gasteiger partial charge in [-0.15, -0.1) is 11.3 Å². The number of unbranched alkanes of at least 4 members (excludes halogenated alkanes) is 1. The molecule has 2 N–H and O–H groups in total. The molecule has 2 aromatic heterocycles. The van der Waals surface area contributed by atoms with E-state index in [0.717, 1.165) is 41.2 Å². The number of ether oxygens (including phenoxy) is 2. The summed E-state index contributed by atoms with van der Waals surface area (Å²) < 4.78 is 10.5. The van der Waals surface area contributed by atoms with Gasteiger partial charge in [0.15, 0.2) is 10.0 Å². The Morgan fingerprint density at radius 3 is 2.61 bits per heavy atom. The lowest BCUT2D eigenvalue weighted by Crippen LogP contribution is -2.09. The minimum absolute atomic E-state index is 0.175. The molecule has 176 valence electrons. The van der Waals surface area contributed by atoms with Crippen molar-refractivity contribution < 1.29 is 19.1 Å². The Morgan fingerprint density at radius 1 is 1.03 bits per heavy atom. The zero-order valence-corrected chi connectivity index (χ0v) is 20.7. The number of anilines is 2. The number of aromatic nitrogens is 1. The number of nitrogens with one attached hydrogen (secondary N) is 2. The van der Waals surface area contributed by atoms with Crippen LogP contribution >= 0.6 is 22.7 Å². The summed E-state index contributed by atoms with van der Waals surface area (Å²) >= 11 is 2.46. The van der Waals surface area contributed by atoms with E-state index < -0.39 is 5.97 Å². The summed E-state index contributed by atoms with van der Waals surface area (Å²) in [6.45, 7) is 6.96. The quantitative estimate of drug-likeness (QED) is 0.305. The standard InChI is InChI=1S/C24H29N3O4S2/c1-4-7-10-16-11-8-9-12-18(16)25-15-17-13-14-19(32-17)21(28)26-24-27-22(30-5-2)20(33-24)23(29)31-6-3/h8-9,11-14,25H,4-7,10,15H2,1-3H3,(H,26,27,28). The van der Waals surface area contributed by atoms with Crippen molar-refractivity contribution in [2.45, 2.75) is 46.6 Å². The van der Waals surface area contributed by atoms with Gasteiger partial charge in [-0.2, -0.15) is 4.98 Å². The van der Waals surface area contributed by atoms with Crippen molar-refractivity contribution in [3.63, 3.8) is 0 Å². The lowest BCUT2D eigenvalue weighted by molar-refractivity contribution is 0.0527. The minimum atomic E-state index is -0.511. The maximum absolute atomic E-state index is 12.7. The monoisotopic (exact) mass is 487 g/mol. The first-order valence-electron chi connectivity index (χ1n) is 11.1. The SMILES string of the molecule is CCCCc1ccccc1NCc1ccc(C(=O)Nc2nc(OCC)c(C(=O)OCC)s2)s1. The minimum Gasteiger partial charge on any atom is -0.477 e. The van der Waals surface area contributed by atoms with Crippen molar-refractivity contribution in [3.05, 3.63) is 56.6 Å². The number of esters is 1. The maximum Gasteiger partial charge on any atom is 0.354 e. The van der Waals surface area contributed by atoms with Crippen LogP contribution in [0.15, 0.2) is 36.4 Å². The fraction of sp³-hybridized carbons (Fsp3) is 0.375. The van der Waals surface area contributed by atoms with Gasteiger partial charge >= 0.3 is 5.97 Å². The number of thiophene rings is 1. The molecule has 0 aliphatic rings. The number of hydrogen-bond acceptors (Lipinski definition) is 8. The first-order valence-corrected chi connectivity index (χ1v) is 12.7. The highest BCUT2D eigenvalue weighted by Crippen LogP contribution is 2.31. The van der Waals surface area contributed by atoms with Crippen LogP contribution in [0, 0.1) is 0 Å². The van der Waals surface area contributed by atoms with Crippen LogP contribution in [-0.2, 0) is 17.7 Å². The number of carbonyl (C=O) groups excluding carboxylic acids is 2. The van der Waals surface area contributed by atoms with Gasteiger partial charge in [0.05, 0.1) is 18.1 Å². The van der Waals surface area contributed by atoms with Crippen molar-refractivity contribution in [2.24, 2.45) is 0 Å². The summed E-state index contributed by atoms with van der Waals surface area (Å²) in [6, 6.07) is 12.1. The molecule has 0 fully saturated rings. The molecule has 0 saturated carbocycles. The number of amides is 1. The topological polar surface area (TPSA) is 89.5 Å². The third kappa shape index (κ3) is 6.79. The largest absolute Gasteiger partial charge is 0.477 e. The van der Waals surface area contributed by atoms with E-state index in [1.54, 1.807) is 19.9 Å². The van der Waals surface area contributed by atoms with E-state index in [1.807, 2.05) is 12.1 Å². The second-order valence-corrected chi connectivity index (χ2v) is 9.31. The van der Waals surface area contributed by atoms with Gasteiger partial charge in [0.1, 0.15) is 0 Å². The fourth-order valence-corrected chi connectivity index (χ4v) is 4.78. The predicted molar refractivity (Wildman–Crippen MR) is 134 cm³/mol. The molecule has 0 bridgehead atoms. The Bertz CT molecular complexity index is 1080. The van der Waals surface area contributed by atoms with Gasteiger partial charge in [-0.05, 0) is 50.5 Å². The lowest BCUT2D eigenvalue weighted by atomic mass is 10.1. The predicted octanol–water partition coefficient (Wildman–Crippen LogP) is 5.99. The van der Waals surface area contributed by atoms with Crippen LogP contribution in [0.2, 0.25) is 0 Å². The number of thiazole rings is 1. The van der Waals surface area contributed by atoms with Gasteiger partial charge < -0.3 is 14.8 Å². The third-order valence-electron chi connectivity index (χ3n) is 4.71. The van der Waals surface area contributed by atoms with Gasteiger partial charge in [0, 0.05) is 17.1 Å². The van der Waals surface area contributed by atoms with Crippen LogP contribution < -0.4 is 15.4 Å². The van der Waals surface area contributed by atoms with Gasteiger partial charge in [-0.25, -0.2) is 4.79 Å². The Hall–Kier alpha value is -2.91. The van der Waals surface area contributed by atoms with Crippen molar-refractivity contribution in [3.8, 4) is 5.88 Å². The summed E-state index contributed by atoms with van der Waals surface area (Å²) in [5, 5.41) is 6.55. The van der Waals surface area contributed by atoms with Crippen molar-refractivity contribution in [2.75, 3.05) is 23.8 Å². The Labute approximate surface area is 202 Å². The van der Waals surface area contributed by atoms with Crippen LogP contribution in [0.5, 0.6) is 5.88 Å². The normalized spacial score (nSPS) is 10.6. The smallest absolute Gasteiger partial charge is 0.354 e. The highest BCUT2D eigenvalue weighted by molar-refractivity contribution is 7.18. The van der Waals surface area contributed by atoms with E-state index in [2.05, 4.69) is 40.7 Å². The van der Waals surface area contributed by atoms with Gasteiger partial charge in [-0.3, -0.25) is 10.1 Å². The number of para-hydroxylation sites is 1. The van der Waals surface area contributed by atoms with E-state index in [0.29, 0.717) is 23.2 Å². The fourth-order valence-electron chi connectivity index (χ4n) is 3.13. The zero-order valence-electron chi connectivity index (χ0n) is 19.1. The third-order valence-corrected chi connectivity index (χ3v) is 6.73. The van der Waals surface area contributed by atoms with Gasteiger partial charge in [0.25, 0.3) is 5.91 Å². The molecule has 33 heavy (non-hydrogen) atoms. The summed E-state index contributed by atoms with van der Waals surface area (Å²) in [4.78, 5) is 31.0. The van der Waals surface area contributed by atoms with Crippen molar-refractivity contribution >= 4 is 45.4 Å². The van der Waals surface area contributed by atoms with E-state index >= 15 is 0 Å². The molecule has 1 amide bonds. The molecule has 0 radical (unpaired) electrons. The molecule has 3 aromatic rings. The highest BCUT2D eigenvalue weighted by atomic mass is 32.1. The van der Waals surface area contributed by atoms with E-state index in [-0.39, 0.29) is 23.3 Å². The molecular formula is C24H29N3O4S2. The molecule has 1 aromatic carbocycles. The number of aryl methyl sites for hydroxylation is 1. The summed E-state index contributed by atoms with van der Waals surface area (Å²) in [5.74, 6) is -0.612. The summed E-state index contributed by atoms with van der Waals surface area (Å²) in [5.41, 5.74) is 2.43. The molecule has 2 heterocycles. The molecule has 0 aliphatic carbocycles. The summed E-state index contributed by atoms with van der Waals surface area (Å²) in [7, 11) is 0. The van der Waals surface area contributed by atoms with Crippen LogP contribution in [-0.4, -0.2) is 30.1 Å². The van der Waals surface area contributed by atoms with Crippen molar-refractivity contribution in [1.82, 2.24) is 4.98 Å². The number of nitrogens with zero attached hydrogens (tertiary/aromatic N) is 1. The molecule has 0 atom stereocenters. The lowest BCUT2D eigenvalue weighted by Gasteiger charge is -2.11. The molecule has 3 rings (SSSR count). The van der Waals surface area contributed by atoms with Crippen LogP contribution in [0.25, 0.3) is 0 Å². The molecule has 7 nitrogen and oxygen atoms in total. The first kappa shape index (κ1) is 24.7. The second-order valence-electron chi connectivity index (χ2n) is 7.14. The first-order chi connectivity index (χ1) is 16.0. The Morgan fingerprint density at radius 2 is 1.85 bits per heavy atom. The number of rotatable bonds is 12. The maximum atomic E-state index is 12.7. The van der Waals surface area contributed by atoms with Crippen molar-refractivity contribution in [1.29, 1.82) is 0 Å². The highest BCUT2D eigenvalue weighted by Gasteiger charge is 2.22. The number of carbonyl (C=O) groups is 2. The Balaban J connectivity index is 1.64. The van der Waals surface area contributed by atoms with Crippen LogP contribution in [0.4, 0.5) is 10.8 Å². The van der Waals surface area contributed by atoms with E-state index in [9.17, 15) is 9.59 Å². The zero-order chi connectivity index (χ0) is 23.6. The van der Waals surface area contributed by atoms with E-state index in [4.69, 9.17) is 9.47 Å². The average Bonchev–Trinajstić information content (AvgIpc) is 3.44. The number of hydrogen-bond donors (Lipinski definition) is 2. The Kier molecular flexibility index (Phi) is 9.26. The molecule has 0 aliphatic heterocycles. The molecule has 0 saturated heterocycles.